The van der Waals surface area contributed by atoms with Gasteiger partial charge in [0.15, 0.2) is 5.96 Å². The molecule has 1 aliphatic rings. The first-order valence-corrected chi connectivity index (χ1v) is 10.6. The summed E-state index contributed by atoms with van der Waals surface area (Å²) in [7, 11) is 1.81. The van der Waals surface area contributed by atoms with E-state index in [9.17, 15) is 0 Å². The van der Waals surface area contributed by atoms with Crippen molar-refractivity contribution in [2.75, 3.05) is 20.1 Å². The maximum Gasteiger partial charge on any atom is 0.191 e. The van der Waals surface area contributed by atoms with Gasteiger partial charge in [0.1, 0.15) is 0 Å². The summed E-state index contributed by atoms with van der Waals surface area (Å²) < 4.78 is 0. The van der Waals surface area contributed by atoms with Crippen LogP contribution in [0.25, 0.3) is 0 Å². The number of hydrogen-bond acceptors (Lipinski definition) is 4. The zero-order valence-electron chi connectivity index (χ0n) is 16.7. The van der Waals surface area contributed by atoms with Crippen LogP contribution in [0.4, 0.5) is 0 Å². The van der Waals surface area contributed by atoms with Gasteiger partial charge in [0.2, 0.25) is 0 Å². The van der Waals surface area contributed by atoms with Crippen molar-refractivity contribution >= 4 is 17.3 Å². The molecular formula is C21H31N5S. The first-order valence-electron chi connectivity index (χ1n) is 9.81. The largest absolute Gasteiger partial charge is 0.352 e. The summed E-state index contributed by atoms with van der Waals surface area (Å²) >= 11 is 1.74. The van der Waals surface area contributed by atoms with E-state index in [2.05, 4.69) is 56.7 Å². The van der Waals surface area contributed by atoms with Gasteiger partial charge in [-0.1, -0.05) is 30.7 Å². The molecule has 0 bridgehead atoms. The van der Waals surface area contributed by atoms with Crippen LogP contribution >= 0.6 is 11.3 Å². The minimum atomic E-state index is 0.756. The van der Waals surface area contributed by atoms with E-state index in [1.54, 1.807) is 11.3 Å². The molecule has 2 N–H and O–H groups in total. The number of piperidine rings is 1. The Morgan fingerprint density at radius 1 is 1.04 bits per heavy atom. The predicted molar refractivity (Wildman–Crippen MR) is 114 cm³/mol. The van der Waals surface area contributed by atoms with Gasteiger partial charge in [0.05, 0.1) is 17.2 Å². The fourth-order valence-electron chi connectivity index (χ4n) is 3.45. The number of aromatic nitrogens is 1. The molecular weight excluding hydrogens is 354 g/mol. The van der Waals surface area contributed by atoms with Crippen molar-refractivity contribution in [3.63, 3.8) is 0 Å². The van der Waals surface area contributed by atoms with Crippen LogP contribution in [0.1, 0.15) is 46.0 Å². The minimum absolute atomic E-state index is 0.756. The number of aryl methyl sites for hydroxylation is 2. The van der Waals surface area contributed by atoms with Crippen LogP contribution in [0.2, 0.25) is 0 Å². The Hall–Kier alpha value is -1.92. The van der Waals surface area contributed by atoms with Gasteiger partial charge in [-0.15, -0.1) is 11.3 Å². The molecule has 3 rings (SSSR count). The zero-order chi connectivity index (χ0) is 19.1. The van der Waals surface area contributed by atoms with Crippen molar-refractivity contribution in [1.29, 1.82) is 0 Å². The SMILES string of the molecule is CN=C(NCc1ccc(CN2CCCCC2)cc1)NCc1sc(C)nc1C. The smallest absolute Gasteiger partial charge is 0.191 e. The van der Waals surface area contributed by atoms with Crippen LogP contribution < -0.4 is 10.6 Å². The van der Waals surface area contributed by atoms with Crippen molar-refractivity contribution < 1.29 is 0 Å². The number of hydrogen-bond donors (Lipinski definition) is 2. The fourth-order valence-corrected chi connectivity index (χ4v) is 4.32. The lowest BCUT2D eigenvalue weighted by atomic mass is 10.1. The second-order valence-corrected chi connectivity index (χ2v) is 8.46. The Morgan fingerprint density at radius 2 is 1.70 bits per heavy atom. The van der Waals surface area contributed by atoms with Crippen molar-refractivity contribution in [2.24, 2.45) is 4.99 Å². The first kappa shape index (κ1) is 19.8. The summed E-state index contributed by atoms with van der Waals surface area (Å²) in [5, 5.41) is 7.88. The van der Waals surface area contributed by atoms with Gasteiger partial charge in [-0.05, 0) is 50.9 Å². The number of benzene rings is 1. The third-order valence-electron chi connectivity index (χ3n) is 4.98. The van der Waals surface area contributed by atoms with Crippen LogP contribution in [-0.2, 0) is 19.6 Å². The molecule has 0 atom stereocenters. The van der Waals surface area contributed by atoms with E-state index >= 15 is 0 Å². The molecule has 1 aromatic carbocycles. The average molecular weight is 386 g/mol. The number of guanidine groups is 1. The summed E-state index contributed by atoms with van der Waals surface area (Å²) in [5.74, 6) is 0.817. The van der Waals surface area contributed by atoms with E-state index in [4.69, 9.17) is 0 Å². The molecule has 0 saturated carbocycles. The number of thiazole rings is 1. The molecule has 1 aromatic heterocycles. The maximum atomic E-state index is 4.47. The van der Waals surface area contributed by atoms with E-state index in [0.29, 0.717) is 0 Å². The second-order valence-electron chi connectivity index (χ2n) is 7.17. The van der Waals surface area contributed by atoms with Crippen LogP contribution in [-0.4, -0.2) is 36.0 Å². The molecule has 0 unspecified atom stereocenters. The van der Waals surface area contributed by atoms with Gasteiger partial charge < -0.3 is 10.6 Å². The van der Waals surface area contributed by atoms with Crippen LogP contribution in [0.3, 0.4) is 0 Å². The standard InChI is InChI=1S/C21H31N5S/c1-16-20(27-17(2)25-16)14-24-21(22-3)23-13-18-7-9-19(10-8-18)15-26-11-5-4-6-12-26/h7-10H,4-6,11-15H2,1-3H3,(H2,22,23,24). The van der Waals surface area contributed by atoms with Crippen LogP contribution in [0.15, 0.2) is 29.3 Å². The Labute approximate surface area is 166 Å². The minimum Gasteiger partial charge on any atom is -0.352 e. The van der Waals surface area contributed by atoms with E-state index in [1.807, 2.05) is 14.0 Å². The summed E-state index contributed by atoms with van der Waals surface area (Å²) in [4.78, 5) is 12.6. The zero-order valence-corrected chi connectivity index (χ0v) is 17.5. The Bertz CT molecular complexity index is 744. The molecule has 0 amide bonds. The molecule has 5 nitrogen and oxygen atoms in total. The molecule has 1 saturated heterocycles. The molecule has 6 heteroatoms. The van der Waals surface area contributed by atoms with Crippen molar-refractivity contribution in [2.45, 2.75) is 52.7 Å². The normalized spacial score (nSPS) is 15.7. The van der Waals surface area contributed by atoms with E-state index in [1.165, 1.54) is 48.4 Å². The highest BCUT2D eigenvalue weighted by molar-refractivity contribution is 7.11. The quantitative estimate of drug-likeness (QED) is 0.589. The monoisotopic (exact) mass is 385 g/mol. The summed E-state index contributed by atoms with van der Waals surface area (Å²) in [6, 6.07) is 8.95. The summed E-state index contributed by atoms with van der Waals surface area (Å²) in [6.45, 7) is 9.18. The lowest BCUT2D eigenvalue weighted by Crippen LogP contribution is -2.36. The lowest BCUT2D eigenvalue weighted by Gasteiger charge is -2.26. The highest BCUT2D eigenvalue weighted by atomic mass is 32.1. The molecule has 146 valence electrons. The van der Waals surface area contributed by atoms with Crippen molar-refractivity contribution in [3.05, 3.63) is 51.0 Å². The summed E-state index contributed by atoms with van der Waals surface area (Å²) in [6.07, 6.45) is 4.07. The number of rotatable bonds is 6. The van der Waals surface area contributed by atoms with E-state index in [0.717, 1.165) is 36.3 Å². The Morgan fingerprint density at radius 3 is 2.33 bits per heavy atom. The van der Waals surface area contributed by atoms with Gasteiger partial charge in [-0.3, -0.25) is 9.89 Å². The Kier molecular flexibility index (Phi) is 7.24. The average Bonchev–Trinajstić information content (AvgIpc) is 3.01. The number of nitrogens with one attached hydrogen (secondary N) is 2. The molecule has 1 fully saturated rings. The lowest BCUT2D eigenvalue weighted by molar-refractivity contribution is 0.221. The molecule has 1 aliphatic heterocycles. The summed E-state index contributed by atoms with van der Waals surface area (Å²) in [5.41, 5.74) is 3.77. The third-order valence-corrected chi connectivity index (χ3v) is 6.05. The van der Waals surface area contributed by atoms with Gasteiger partial charge >= 0.3 is 0 Å². The molecule has 0 radical (unpaired) electrons. The Balaban J connectivity index is 1.45. The topological polar surface area (TPSA) is 52.6 Å². The highest BCUT2D eigenvalue weighted by Gasteiger charge is 2.10. The van der Waals surface area contributed by atoms with Gasteiger partial charge in [0, 0.05) is 25.0 Å². The maximum absolute atomic E-state index is 4.47. The van der Waals surface area contributed by atoms with Gasteiger partial charge in [-0.2, -0.15) is 0 Å². The van der Waals surface area contributed by atoms with E-state index < -0.39 is 0 Å². The van der Waals surface area contributed by atoms with Gasteiger partial charge in [-0.25, -0.2) is 4.98 Å². The van der Waals surface area contributed by atoms with Crippen LogP contribution in [0, 0.1) is 13.8 Å². The fraction of sp³-hybridized carbons (Fsp3) is 0.524. The van der Waals surface area contributed by atoms with Crippen LogP contribution in [0.5, 0.6) is 0 Å². The molecule has 27 heavy (non-hydrogen) atoms. The molecule has 0 spiro atoms. The molecule has 2 heterocycles. The second kappa shape index (κ2) is 9.85. The predicted octanol–water partition coefficient (Wildman–Crippen LogP) is 3.61. The number of likely N-dealkylation sites (tertiary alicyclic amines) is 1. The van der Waals surface area contributed by atoms with Crippen molar-refractivity contribution in [1.82, 2.24) is 20.5 Å². The first-order chi connectivity index (χ1) is 13.1. The third kappa shape index (κ3) is 6.04. The van der Waals surface area contributed by atoms with E-state index in [-0.39, 0.29) is 0 Å². The van der Waals surface area contributed by atoms with Crippen molar-refractivity contribution in [3.8, 4) is 0 Å². The number of nitrogens with zero attached hydrogens (tertiary/aromatic N) is 3. The highest BCUT2D eigenvalue weighted by Crippen LogP contribution is 2.16. The number of aliphatic imine (C=N–C) groups is 1. The van der Waals surface area contributed by atoms with Gasteiger partial charge in [0.25, 0.3) is 0 Å². The molecule has 2 aromatic rings. The molecule has 0 aliphatic carbocycles.